The molecule has 0 atom stereocenters. The molecule has 0 saturated heterocycles. The Morgan fingerprint density at radius 2 is 2.05 bits per heavy atom. The van der Waals surface area contributed by atoms with Crippen molar-refractivity contribution >= 4 is 17.3 Å². The maximum Gasteiger partial charge on any atom is 0.349 e. The first-order chi connectivity index (χ1) is 9.88. The van der Waals surface area contributed by atoms with Crippen LogP contribution in [0.3, 0.4) is 0 Å². The van der Waals surface area contributed by atoms with Crippen LogP contribution >= 0.6 is 11.3 Å². The van der Waals surface area contributed by atoms with Crippen molar-refractivity contribution in [1.82, 2.24) is 0 Å². The van der Waals surface area contributed by atoms with E-state index in [0.717, 1.165) is 28.3 Å². The van der Waals surface area contributed by atoms with Crippen LogP contribution in [0.4, 0.5) is 8.78 Å². The monoisotopic (exact) mass is 312 g/mol. The molecule has 2 rings (SSSR count). The van der Waals surface area contributed by atoms with E-state index in [0.29, 0.717) is 0 Å². The van der Waals surface area contributed by atoms with Crippen molar-refractivity contribution in [2.75, 3.05) is 0 Å². The predicted octanol–water partition coefficient (Wildman–Crippen LogP) is 4.43. The molecule has 21 heavy (non-hydrogen) atoms. The summed E-state index contributed by atoms with van der Waals surface area (Å²) in [6, 6.07) is 4.83. The Labute approximate surface area is 124 Å². The Kier molecular flexibility index (Phi) is 4.57. The van der Waals surface area contributed by atoms with Crippen molar-refractivity contribution in [2.24, 2.45) is 0 Å². The fraction of sp³-hybridized carbons (Fsp3) is 0.267. The molecule has 0 unspecified atom stereocenters. The zero-order valence-corrected chi connectivity index (χ0v) is 12.3. The number of benzene rings is 1. The van der Waals surface area contributed by atoms with Gasteiger partial charge in [-0.1, -0.05) is 13.8 Å². The first-order valence-electron chi connectivity index (χ1n) is 6.32. The molecule has 0 fully saturated rings. The van der Waals surface area contributed by atoms with Crippen LogP contribution in [0, 0.1) is 11.6 Å². The van der Waals surface area contributed by atoms with Gasteiger partial charge in [-0.05, 0) is 24.1 Å². The Morgan fingerprint density at radius 3 is 2.62 bits per heavy atom. The molecule has 3 nitrogen and oxygen atoms in total. The third-order valence-electron chi connectivity index (χ3n) is 2.88. The zero-order valence-electron chi connectivity index (χ0n) is 11.5. The Hall–Kier alpha value is -1.95. The maximum absolute atomic E-state index is 13.5. The molecule has 6 heteroatoms. The number of halogens is 2. The lowest BCUT2D eigenvalue weighted by Gasteiger charge is -2.06. The lowest BCUT2D eigenvalue weighted by atomic mass is 10.2. The van der Waals surface area contributed by atoms with Crippen LogP contribution in [-0.4, -0.2) is 11.1 Å². The third-order valence-corrected chi connectivity index (χ3v) is 4.28. The van der Waals surface area contributed by atoms with E-state index in [-0.39, 0.29) is 28.7 Å². The molecule has 1 aromatic heterocycles. The molecule has 0 aliphatic heterocycles. The largest absolute Gasteiger partial charge is 0.487 e. The number of carbonyl (C=O) groups is 1. The third kappa shape index (κ3) is 3.58. The second-order valence-corrected chi connectivity index (χ2v) is 5.91. The van der Waals surface area contributed by atoms with Gasteiger partial charge in [-0.15, -0.1) is 11.3 Å². The van der Waals surface area contributed by atoms with Gasteiger partial charge in [-0.25, -0.2) is 13.6 Å². The molecule has 0 aliphatic carbocycles. The van der Waals surface area contributed by atoms with Gasteiger partial charge in [0.15, 0.2) is 4.88 Å². The van der Waals surface area contributed by atoms with Crippen LogP contribution in [0.15, 0.2) is 24.3 Å². The lowest BCUT2D eigenvalue weighted by Crippen LogP contribution is -2.02. The number of ether oxygens (including phenoxy) is 1. The van der Waals surface area contributed by atoms with Gasteiger partial charge >= 0.3 is 5.97 Å². The van der Waals surface area contributed by atoms with Gasteiger partial charge in [0.05, 0.1) is 0 Å². The van der Waals surface area contributed by atoms with Gasteiger partial charge in [0, 0.05) is 16.5 Å². The summed E-state index contributed by atoms with van der Waals surface area (Å²) in [7, 11) is 0. The summed E-state index contributed by atoms with van der Waals surface area (Å²) in [5.74, 6) is -2.08. The van der Waals surface area contributed by atoms with Crippen molar-refractivity contribution in [3.05, 3.63) is 51.2 Å². The Balaban J connectivity index is 2.21. The second-order valence-electron chi connectivity index (χ2n) is 4.83. The second kappa shape index (κ2) is 6.22. The van der Waals surface area contributed by atoms with E-state index < -0.39 is 17.6 Å². The van der Waals surface area contributed by atoms with E-state index >= 15 is 0 Å². The fourth-order valence-corrected chi connectivity index (χ4v) is 2.67. The molecule has 1 N–H and O–H groups in total. The topological polar surface area (TPSA) is 46.5 Å². The van der Waals surface area contributed by atoms with Crippen LogP contribution < -0.4 is 4.74 Å². The number of carboxylic acids is 1. The molecule has 1 heterocycles. The Morgan fingerprint density at radius 1 is 1.33 bits per heavy atom. The summed E-state index contributed by atoms with van der Waals surface area (Å²) in [6.07, 6.45) is 0. The summed E-state index contributed by atoms with van der Waals surface area (Å²) in [6.45, 7) is 3.74. The van der Waals surface area contributed by atoms with Crippen molar-refractivity contribution in [3.63, 3.8) is 0 Å². The maximum atomic E-state index is 13.5. The number of rotatable bonds is 5. The first kappa shape index (κ1) is 15.4. The number of carboxylic acid groups (broad SMARTS) is 1. The fourth-order valence-electron chi connectivity index (χ4n) is 1.73. The van der Waals surface area contributed by atoms with Gasteiger partial charge in [0.2, 0.25) is 0 Å². The SMILES string of the molecule is CC(C)c1cc(OCc2ccc(F)cc2F)c(C(=O)O)s1. The van der Waals surface area contributed by atoms with Gasteiger partial charge < -0.3 is 9.84 Å². The first-order valence-corrected chi connectivity index (χ1v) is 7.14. The van der Waals surface area contributed by atoms with E-state index in [9.17, 15) is 13.6 Å². The quantitative estimate of drug-likeness (QED) is 0.888. The summed E-state index contributed by atoms with van der Waals surface area (Å²) < 4.78 is 31.7. The molecule has 0 bridgehead atoms. The van der Waals surface area contributed by atoms with E-state index in [4.69, 9.17) is 9.84 Å². The normalized spacial score (nSPS) is 10.9. The molecule has 1 aromatic carbocycles. The van der Waals surface area contributed by atoms with Crippen LogP contribution in [0.25, 0.3) is 0 Å². The summed E-state index contributed by atoms with van der Waals surface area (Å²) in [4.78, 5) is 12.1. The molecule has 0 amide bonds. The molecule has 0 saturated carbocycles. The van der Waals surface area contributed by atoms with Gasteiger partial charge in [0.25, 0.3) is 0 Å². The molecular weight excluding hydrogens is 298 g/mol. The number of thiophene rings is 1. The smallest absolute Gasteiger partial charge is 0.349 e. The van der Waals surface area contributed by atoms with Crippen LogP contribution in [0.5, 0.6) is 5.75 Å². The van der Waals surface area contributed by atoms with Gasteiger partial charge in [0.1, 0.15) is 24.0 Å². The van der Waals surface area contributed by atoms with Crippen molar-refractivity contribution in [1.29, 1.82) is 0 Å². The minimum Gasteiger partial charge on any atom is -0.487 e. The Bertz CT molecular complexity index is 665. The van der Waals surface area contributed by atoms with Crippen LogP contribution in [-0.2, 0) is 6.61 Å². The molecule has 2 aromatic rings. The van der Waals surface area contributed by atoms with Crippen LogP contribution in [0.2, 0.25) is 0 Å². The minimum atomic E-state index is -1.08. The average molecular weight is 312 g/mol. The summed E-state index contributed by atoms with van der Waals surface area (Å²) in [5.41, 5.74) is 0.171. The van der Waals surface area contributed by atoms with E-state index in [2.05, 4.69) is 0 Å². The van der Waals surface area contributed by atoms with Gasteiger partial charge in [-0.2, -0.15) is 0 Å². The molecular formula is C15H14F2O3S. The molecule has 0 spiro atoms. The standard InChI is InChI=1S/C15H14F2O3S/c1-8(2)13-6-12(14(21-13)15(18)19)20-7-9-3-4-10(16)5-11(9)17/h3-6,8H,7H2,1-2H3,(H,18,19). The van der Waals surface area contributed by atoms with Crippen LogP contribution in [0.1, 0.15) is 39.9 Å². The van der Waals surface area contributed by atoms with E-state index in [1.807, 2.05) is 13.8 Å². The summed E-state index contributed by atoms with van der Waals surface area (Å²) >= 11 is 1.14. The number of hydrogen-bond acceptors (Lipinski definition) is 3. The van der Waals surface area contributed by atoms with Crippen molar-refractivity contribution in [2.45, 2.75) is 26.4 Å². The highest BCUT2D eigenvalue weighted by molar-refractivity contribution is 7.14. The molecule has 112 valence electrons. The van der Waals surface area contributed by atoms with Crippen molar-refractivity contribution < 1.29 is 23.4 Å². The number of aromatic carboxylic acids is 1. The zero-order chi connectivity index (χ0) is 15.6. The number of hydrogen-bond donors (Lipinski definition) is 1. The minimum absolute atomic E-state index is 0.0845. The molecule has 0 radical (unpaired) electrons. The van der Waals surface area contributed by atoms with E-state index in [1.165, 1.54) is 6.07 Å². The van der Waals surface area contributed by atoms with Gasteiger partial charge in [-0.3, -0.25) is 0 Å². The average Bonchev–Trinajstić information content (AvgIpc) is 2.82. The molecule has 0 aliphatic rings. The lowest BCUT2D eigenvalue weighted by molar-refractivity contribution is 0.0697. The highest BCUT2D eigenvalue weighted by Crippen LogP contribution is 2.34. The summed E-state index contributed by atoms with van der Waals surface area (Å²) in [5, 5.41) is 9.16. The van der Waals surface area contributed by atoms with Crippen molar-refractivity contribution in [3.8, 4) is 5.75 Å². The van der Waals surface area contributed by atoms with E-state index in [1.54, 1.807) is 6.07 Å². The highest BCUT2D eigenvalue weighted by Gasteiger charge is 2.18. The predicted molar refractivity (Wildman–Crippen MR) is 76.1 cm³/mol. The highest BCUT2D eigenvalue weighted by atomic mass is 32.1.